The van der Waals surface area contributed by atoms with Gasteiger partial charge in [0.2, 0.25) is 0 Å². The molecule has 1 N–H and O–H groups in total. The van der Waals surface area contributed by atoms with E-state index in [-0.39, 0.29) is 0 Å². The predicted molar refractivity (Wildman–Crippen MR) is 78.8 cm³/mol. The van der Waals surface area contributed by atoms with Crippen molar-refractivity contribution in [3.63, 3.8) is 0 Å². The van der Waals surface area contributed by atoms with Crippen molar-refractivity contribution >= 4 is 5.82 Å². The molecule has 1 heterocycles. The van der Waals surface area contributed by atoms with Crippen LogP contribution in [0.2, 0.25) is 0 Å². The van der Waals surface area contributed by atoms with Gasteiger partial charge in [0.05, 0.1) is 0 Å². The molecule has 0 spiro atoms. The molecule has 0 bridgehead atoms. The molecule has 0 aliphatic heterocycles. The first kappa shape index (κ1) is 15.0. The fourth-order valence-corrected chi connectivity index (χ4v) is 2.16. The van der Waals surface area contributed by atoms with Gasteiger partial charge in [0, 0.05) is 25.3 Å². The molecule has 1 rings (SSSR count). The first-order chi connectivity index (χ1) is 8.52. The Morgan fingerprint density at radius 1 is 1.33 bits per heavy atom. The van der Waals surface area contributed by atoms with Crippen LogP contribution in [0.5, 0.6) is 0 Å². The highest BCUT2D eigenvalue weighted by Gasteiger charge is 2.11. The average molecular weight is 249 g/mol. The lowest BCUT2D eigenvalue weighted by Gasteiger charge is -2.26. The van der Waals surface area contributed by atoms with E-state index in [1.807, 2.05) is 6.20 Å². The number of aromatic nitrogens is 1. The maximum Gasteiger partial charge on any atom is 0.126 e. The number of rotatable bonds is 7. The Kier molecular flexibility index (Phi) is 6.13. The Morgan fingerprint density at radius 3 is 2.67 bits per heavy atom. The van der Waals surface area contributed by atoms with Crippen molar-refractivity contribution in [1.82, 2.24) is 9.88 Å². The van der Waals surface area contributed by atoms with E-state index < -0.39 is 0 Å². The van der Waals surface area contributed by atoms with Crippen LogP contribution in [0.4, 0.5) is 5.82 Å². The van der Waals surface area contributed by atoms with E-state index in [1.165, 1.54) is 12.0 Å². The van der Waals surface area contributed by atoms with Crippen LogP contribution in [-0.4, -0.2) is 29.5 Å². The summed E-state index contributed by atoms with van der Waals surface area (Å²) in [7, 11) is 2.19. The molecule has 0 saturated heterocycles. The SMILES string of the molecule is CCNc1cc(CN(C)C(C)CC(C)C)ccn1. The molecule has 18 heavy (non-hydrogen) atoms. The number of nitrogens with one attached hydrogen (secondary N) is 1. The van der Waals surface area contributed by atoms with Gasteiger partial charge in [-0.2, -0.15) is 0 Å². The van der Waals surface area contributed by atoms with Crippen LogP contribution < -0.4 is 5.32 Å². The molecule has 1 aromatic rings. The first-order valence-electron chi connectivity index (χ1n) is 6.92. The summed E-state index contributed by atoms with van der Waals surface area (Å²) in [5.41, 5.74) is 1.32. The molecule has 0 radical (unpaired) electrons. The Hall–Kier alpha value is -1.09. The number of hydrogen-bond donors (Lipinski definition) is 1. The Balaban J connectivity index is 2.57. The number of hydrogen-bond acceptors (Lipinski definition) is 3. The van der Waals surface area contributed by atoms with Crippen molar-refractivity contribution in [2.45, 2.75) is 46.7 Å². The second-order valence-electron chi connectivity index (χ2n) is 5.47. The van der Waals surface area contributed by atoms with Crippen LogP contribution >= 0.6 is 0 Å². The van der Waals surface area contributed by atoms with E-state index in [4.69, 9.17) is 0 Å². The lowest BCUT2D eigenvalue weighted by atomic mass is 10.0. The minimum Gasteiger partial charge on any atom is -0.370 e. The third-order valence-electron chi connectivity index (χ3n) is 3.18. The zero-order valence-corrected chi connectivity index (χ0v) is 12.4. The van der Waals surface area contributed by atoms with Gasteiger partial charge in [-0.15, -0.1) is 0 Å². The molecular weight excluding hydrogens is 222 g/mol. The van der Waals surface area contributed by atoms with Crippen LogP contribution in [0.25, 0.3) is 0 Å². The summed E-state index contributed by atoms with van der Waals surface area (Å²) in [6.45, 7) is 10.8. The lowest BCUT2D eigenvalue weighted by molar-refractivity contribution is 0.220. The summed E-state index contributed by atoms with van der Waals surface area (Å²) in [6, 6.07) is 4.85. The van der Waals surface area contributed by atoms with Gasteiger partial charge in [-0.3, -0.25) is 4.90 Å². The average Bonchev–Trinajstić information content (AvgIpc) is 2.29. The highest BCUT2D eigenvalue weighted by molar-refractivity contribution is 5.37. The number of anilines is 1. The summed E-state index contributed by atoms with van der Waals surface area (Å²) >= 11 is 0. The quantitative estimate of drug-likeness (QED) is 0.803. The van der Waals surface area contributed by atoms with Crippen molar-refractivity contribution in [2.75, 3.05) is 18.9 Å². The van der Waals surface area contributed by atoms with Gasteiger partial charge in [-0.1, -0.05) is 13.8 Å². The second kappa shape index (κ2) is 7.37. The molecular formula is C15H27N3. The van der Waals surface area contributed by atoms with Gasteiger partial charge in [0.1, 0.15) is 5.82 Å². The maximum atomic E-state index is 4.30. The van der Waals surface area contributed by atoms with E-state index in [2.05, 4.69) is 62.1 Å². The standard InChI is InChI=1S/C15H27N3/c1-6-16-15-10-14(7-8-17-15)11-18(5)13(4)9-12(2)3/h7-8,10,12-13H,6,9,11H2,1-5H3,(H,16,17). The minimum atomic E-state index is 0.612. The van der Waals surface area contributed by atoms with E-state index in [1.54, 1.807) is 0 Å². The smallest absolute Gasteiger partial charge is 0.126 e. The molecule has 0 fully saturated rings. The van der Waals surface area contributed by atoms with Gasteiger partial charge >= 0.3 is 0 Å². The van der Waals surface area contributed by atoms with Crippen LogP contribution in [0.1, 0.15) is 39.7 Å². The van der Waals surface area contributed by atoms with Crippen molar-refractivity contribution in [2.24, 2.45) is 5.92 Å². The van der Waals surface area contributed by atoms with Crippen molar-refractivity contribution in [1.29, 1.82) is 0 Å². The fourth-order valence-electron chi connectivity index (χ4n) is 2.16. The summed E-state index contributed by atoms with van der Waals surface area (Å²) in [6.07, 6.45) is 3.12. The normalized spacial score (nSPS) is 13.1. The molecule has 0 saturated carbocycles. The van der Waals surface area contributed by atoms with Gasteiger partial charge in [0.25, 0.3) is 0 Å². The summed E-state index contributed by atoms with van der Waals surface area (Å²) in [5, 5.41) is 3.25. The topological polar surface area (TPSA) is 28.2 Å². The Morgan fingerprint density at radius 2 is 2.06 bits per heavy atom. The zero-order valence-electron chi connectivity index (χ0n) is 12.4. The Bertz CT molecular complexity index is 349. The van der Waals surface area contributed by atoms with Crippen molar-refractivity contribution < 1.29 is 0 Å². The summed E-state index contributed by atoms with van der Waals surface area (Å²) in [5.74, 6) is 1.72. The summed E-state index contributed by atoms with van der Waals surface area (Å²) < 4.78 is 0. The number of nitrogens with zero attached hydrogens (tertiary/aromatic N) is 2. The molecule has 102 valence electrons. The largest absolute Gasteiger partial charge is 0.370 e. The third kappa shape index (κ3) is 5.05. The minimum absolute atomic E-state index is 0.612. The van der Waals surface area contributed by atoms with Crippen LogP contribution in [0, 0.1) is 5.92 Å². The molecule has 0 amide bonds. The highest BCUT2D eigenvalue weighted by atomic mass is 15.1. The summed E-state index contributed by atoms with van der Waals surface area (Å²) in [4.78, 5) is 6.71. The third-order valence-corrected chi connectivity index (χ3v) is 3.18. The van der Waals surface area contributed by atoms with E-state index in [0.29, 0.717) is 6.04 Å². The number of pyridine rings is 1. The second-order valence-corrected chi connectivity index (χ2v) is 5.47. The van der Waals surface area contributed by atoms with E-state index in [9.17, 15) is 0 Å². The monoisotopic (exact) mass is 249 g/mol. The fraction of sp³-hybridized carbons (Fsp3) is 0.667. The highest BCUT2D eigenvalue weighted by Crippen LogP contribution is 2.14. The predicted octanol–water partition coefficient (Wildman–Crippen LogP) is 3.38. The van der Waals surface area contributed by atoms with Crippen LogP contribution in [-0.2, 0) is 6.54 Å². The first-order valence-corrected chi connectivity index (χ1v) is 6.92. The van der Waals surface area contributed by atoms with Gasteiger partial charge in [0.15, 0.2) is 0 Å². The van der Waals surface area contributed by atoms with E-state index >= 15 is 0 Å². The molecule has 1 unspecified atom stereocenters. The van der Waals surface area contributed by atoms with Crippen LogP contribution in [0.3, 0.4) is 0 Å². The maximum absolute atomic E-state index is 4.30. The molecule has 0 aromatic carbocycles. The van der Waals surface area contributed by atoms with Crippen molar-refractivity contribution in [3.8, 4) is 0 Å². The molecule has 0 aliphatic rings. The van der Waals surface area contributed by atoms with Gasteiger partial charge in [-0.05, 0) is 50.9 Å². The molecule has 0 aliphatic carbocycles. The molecule has 1 atom stereocenters. The molecule has 1 aromatic heterocycles. The van der Waals surface area contributed by atoms with Gasteiger partial charge in [-0.25, -0.2) is 4.98 Å². The zero-order chi connectivity index (χ0) is 13.5. The van der Waals surface area contributed by atoms with E-state index in [0.717, 1.165) is 24.8 Å². The molecule has 3 heteroatoms. The Labute approximate surface area is 112 Å². The molecule has 3 nitrogen and oxygen atoms in total. The van der Waals surface area contributed by atoms with Crippen LogP contribution in [0.15, 0.2) is 18.3 Å². The van der Waals surface area contributed by atoms with Crippen molar-refractivity contribution in [3.05, 3.63) is 23.9 Å². The van der Waals surface area contributed by atoms with Gasteiger partial charge < -0.3 is 5.32 Å². The lowest BCUT2D eigenvalue weighted by Crippen LogP contribution is -2.29.